The van der Waals surface area contributed by atoms with E-state index in [-0.39, 0.29) is 18.5 Å². The average Bonchev–Trinajstić information content (AvgIpc) is 2.88. The molecule has 3 nitrogen and oxygen atoms in total. The van der Waals surface area contributed by atoms with Crippen molar-refractivity contribution in [3.05, 3.63) is 65.2 Å². The van der Waals surface area contributed by atoms with Crippen LogP contribution in [0.2, 0.25) is 0 Å². The summed E-state index contributed by atoms with van der Waals surface area (Å²) in [6, 6.07) is 17.0. The van der Waals surface area contributed by atoms with Crippen LogP contribution < -0.4 is 4.74 Å². The molecule has 1 aliphatic heterocycles. The van der Waals surface area contributed by atoms with E-state index in [0.717, 1.165) is 37.1 Å². The Morgan fingerprint density at radius 3 is 2.46 bits per heavy atom. The van der Waals surface area contributed by atoms with Gasteiger partial charge in [-0.25, -0.2) is 0 Å². The predicted molar refractivity (Wildman–Crippen MR) is 116 cm³/mol. The van der Waals surface area contributed by atoms with Gasteiger partial charge in [-0.05, 0) is 79.8 Å². The van der Waals surface area contributed by atoms with Gasteiger partial charge < -0.3 is 14.7 Å². The van der Waals surface area contributed by atoms with Crippen LogP contribution in [0.1, 0.15) is 54.4 Å². The third-order valence-corrected chi connectivity index (χ3v) is 6.48. The molecule has 0 bridgehead atoms. The Morgan fingerprint density at radius 2 is 1.75 bits per heavy atom. The Labute approximate surface area is 175 Å². The summed E-state index contributed by atoms with van der Waals surface area (Å²) in [5.41, 5.74) is 3.77. The summed E-state index contributed by atoms with van der Waals surface area (Å²) >= 11 is 0. The highest BCUT2D eigenvalue weighted by Gasteiger charge is 2.28. The van der Waals surface area contributed by atoms with Crippen LogP contribution in [0.15, 0.2) is 48.5 Å². The number of likely N-dealkylation sites (tertiary alicyclic amines) is 1. The largest absolute Gasteiger partial charge is 0.496 e. The van der Waals surface area contributed by atoms with Gasteiger partial charge in [0.1, 0.15) is 5.75 Å². The van der Waals surface area contributed by atoms with Gasteiger partial charge in [-0.3, -0.25) is 0 Å². The lowest BCUT2D eigenvalue weighted by molar-refractivity contribution is 0.117. The van der Waals surface area contributed by atoms with Crippen molar-refractivity contribution in [3.8, 4) is 5.75 Å². The summed E-state index contributed by atoms with van der Waals surface area (Å²) in [5.74, 6) is 2.18. The maximum Gasteiger partial charge on any atom is 0.122 e. The molecule has 4 rings (SSSR count). The van der Waals surface area contributed by atoms with Crippen molar-refractivity contribution in [2.75, 3.05) is 26.7 Å². The third-order valence-electron chi connectivity index (χ3n) is 6.48. The van der Waals surface area contributed by atoms with Gasteiger partial charge in [-0.2, -0.15) is 0 Å². The third kappa shape index (κ3) is 4.71. The molecule has 0 radical (unpaired) electrons. The zero-order valence-electron chi connectivity index (χ0n) is 16.7. The fraction of sp³-hybridized carbons (Fsp3) is 0.500. The van der Waals surface area contributed by atoms with Crippen LogP contribution in [0.4, 0.5) is 0 Å². The normalized spacial score (nSPS) is 23.4. The summed E-state index contributed by atoms with van der Waals surface area (Å²) < 4.78 is 5.53. The molecule has 28 heavy (non-hydrogen) atoms. The predicted octanol–water partition coefficient (Wildman–Crippen LogP) is 4.98. The number of hydrogen-bond acceptors (Lipinski definition) is 3. The fourth-order valence-corrected chi connectivity index (χ4v) is 4.97. The number of nitrogens with zero attached hydrogens (tertiary/aromatic N) is 1. The number of methoxy groups -OCH3 is 1. The number of piperidine rings is 1. The number of benzene rings is 2. The minimum Gasteiger partial charge on any atom is -0.496 e. The molecule has 1 fully saturated rings. The monoisotopic (exact) mass is 401 g/mol. The summed E-state index contributed by atoms with van der Waals surface area (Å²) in [7, 11) is 1.72. The minimum atomic E-state index is -0.371. The van der Waals surface area contributed by atoms with E-state index >= 15 is 0 Å². The second-order valence-corrected chi connectivity index (χ2v) is 8.17. The van der Waals surface area contributed by atoms with Crippen LogP contribution in [0.3, 0.4) is 0 Å². The molecule has 2 atom stereocenters. The highest BCUT2D eigenvalue weighted by molar-refractivity contribution is 5.85. The Bertz CT molecular complexity index is 744. The Hall–Kier alpha value is -1.55. The zero-order chi connectivity index (χ0) is 18.6. The number of rotatable bonds is 4. The molecule has 4 heteroatoms. The lowest BCUT2D eigenvalue weighted by atomic mass is 9.88. The second-order valence-electron chi connectivity index (χ2n) is 8.17. The Kier molecular flexibility index (Phi) is 7.39. The van der Waals surface area contributed by atoms with Gasteiger partial charge in [-0.15, -0.1) is 12.4 Å². The number of hydrogen-bond donors (Lipinski definition) is 1. The molecule has 0 saturated carbocycles. The average molecular weight is 402 g/mol. The topological polar surface area (TPSA) is 32.7 Å². The number of fused-ring (bicyclic) bond motifs is 1. The van der Waals surface area contributed by atoms with Gasteiger partial charge in [0.2, 0.25) is 0 Å². The first-order valence-electron chi connectivity index (χ1n) is 10.4. The molecule has 0 unspecified atom stereocenters. The molecule has 1 aliphatic carbocycles. The van der Waals surface area contributed by atoms with E-state index in [2.05, 4.69) is 41.3 Å². The van der Waals surface area contributed by atoms with Crippen molar-refractivity contribution in [1.82, 2.24) is 4.90 Å². The van der Waals surface area contributed by atoms with Crippen LogP contribution in [0.25, 0.3) is 0 Å². The quantitative estimate of drug-likeness (QED) is 0.733. The van der Waals surface area contributed by atoms with E-state index in [1.165, 1.54) is 37.1 Å². The number of ether oxygens (including phenoxy) is 1. The SMILES string of the molecule is COc1cccc2c1CC[C@H](CN1CCC(c3ccccc3)CC1)C[C@H]2O.Cl. The number of aliphatic hydroxyl groups excluding tert-OH is 1. The van der Waals surface area contributed by atoms with Crippen molar-refractivity contribution in [3.63, 3.8) is 0 Å². The molecule has 0 spiro atoms. The molecule has 2 aromatic carbocycles. The van der Waals surface area contributed by atoms with Gasteiger partial charge in [0, 0.05) is 6.54 Å². The van der Waals surface area contributed by atoms with Crippen LogP contribution >= 0.6 is 12.4 Å². The second kappa shape index (κ2) is 9.78. The smallest absolute Gasteiger partial charge is 0.122 e. The fourth-order valence-electron chi connectivity index (χ4n) is 4.97. The minimum absolute atomic E-state index is 0. The van der Waals surface area contributed by atoms with E-state index in [4.69, 9.17) is 4.74 Å². The van der Waals surface area contributed by atoms with Crippen LogP contribution in [-0.4, -0.2) is 36.8 Å². The summed E-state index contributed by atoms with van der Waals surface area (Å²) in [4.78, 5) is 2.62. The molecule has 0 amide bonds. The van der Waals surface area contributed by atoms with Crippen molar-refractivity contribution < 1.29 is 9.84 Å². The standard InChI is InChI=1S/C24H31NO2.ClH/c1-27-24-9-5-8-21-22(24)11-10-18(16-23(21)26)17-25-14-12-20(13-15-25)19-6-3-2-4-7-19;/h2-9,18,20,23,26H,10-17H2,1H3;1H/t18-,23+;/m0./s1. The maximum atomic E-state index is 10.8. The Morgan fingerprint density at radius 1 is 1.00 bits per heavy atom. The van der Waals surface area contributed by atoms with Gasteiger partial charge in [0.25, 0.3) is 0 Å². The van der Waals surface area contributed by atoms with Gasteiger partial charge in [0.15, 0.2) is 0 Å². The zero-order valence-corrected chi connectivity index (χ0v) is 17.5. The van der Waals surface area contributed by atoms with E-state index < -0.39 is 0 Å². The number of aliphatic hydroxyl groups is 1. The van der Waals surface area contributed by atoms with Crippen molar-refractivity contribution in [1.29, 1.82) is 0 Å². The molecule has 1 heterocycles. The molecular weight excluding hydrogens is 370 g/mol. The first kappa shape index (κ1) is 21.2. The lowest BCUT2D eigenvalue weighted by Crippen LogP contribution is -2.36. The Balaban J connectivity index is 0.00000225. The number of halogens is 1. The first-order chi connectivity index (χ1) is 13.2. The van der Waals surface area contributed by atoms with Crippen molar-refractivity contribution in [2.45, 2.75) is 44.1 Å². The van der Waals surface area contributed by atoms with Crippen LogP contribution in [-0.2, 0) is 6.42 Å². The summed E-state index contributed by atoms with van der Waals surface area (Å²) in [6.07, 6.45) is 5.11. The van der Waals surface area contributed by atoms with Gasteiger partial charge in [0.05, 0.1) is 13.2 Å². The molecule has 1 saturated heterocycles. The molecule has 2 aromatic rings. The maximum absolute atomic E-state index is 10.8. The van der Waals surface area contributed by atoms with E-state index in [9.17, 15) is 5.11 Å². The lowest BCUT2D eigenvalue weighted by Gasteiger charge is -2.34. The molecule has 1 N–H and O–H groups in total. The first-order valence-corrected chi connectivity index (χ1v) is 10.4. The van der Waals surface area contributed by atoms with E-state index in [1.54, 1.807) is 7.11 Å². The highest BCUT2D eigenvalue weighted by Crippen LogP contribution is 2.37. The van der Waals surface area contributed by atoms with Crippen molar-refractivity contribution >= 4 is 12.4 Å². The summed E-state index contributed by atoms with van der Waals surface area (Å²) in [5, 5.41) is 10.8. The van der Waals surface area contributed by atoms with Gasteiger partial charge >= 0.3 is 0 Å². The van der Waals surface area contributed by atoms with E-state index in [0.29, 0.717) is 11.8 Å². The molecular formula is C24H32ClNO2. The van der Waals surface area contributed by atoms with Gasteiger partial charge in [-0.1, -0.05) is 42.5 Å². The molecule has 152 valence electrons. The van der Waals surface area contributed by atoms with E-state index in [1.807, 2.05) is 12.1 Å². The molecule has 2 aliphatic rings. The van der Waals surface area contributed by atoms with Crippen LogP contribution in [0, 0.1) is 5.92 Å². The van der Waals surface area contributed by atoms with Crippen molar-refractivity contribution in [2.24, 2.45) is 5.92 Å². The highest BCUT2D eigenvalue weighted by atomic mass is 35.5. The molecule has 0 aromatic heterocycles. The van der Waals surface area contributed by atoms with Crippen LogP contribution in [0.5, 0.6) is 5.75 Å². The summed E-state index contributed by atoms with van der Waals surface area (Å²) in [6.45, 7) is 3.44.